The summed E-state index contributed by atoms with van der Waals surface area (Å²) in [6.45, 7) is 3.12. The molecule has 0 unspecified atom stereocenters. The Morgan fingerprint density at radius 1 is 1.11 bits per heavy atom. The van der Waals surface area contributed by atoms with Crippen molar-refractivity contribution >= 4 is 40.7 Å². The highest BCUT2D eigenvalue weighted by Gasteiger charge is 1.99. The molecule has 0 fully saturated rings. The zero-order chi connectivity index (χ0) is 18.0. The van der Waals surface area contributed by atoms with Gasteiger partial charge < -0.3 is 19.9 Å². The molecule has 3 rings (SSSR count). The number of rotatable bonds is 8. The molecule has 0 aliphatic heterocycles. The van der Waals surface area contributed by atoms with Crippen LogP contribution in [0.2, 0.25) is 0 Å². The molecule has 0 atom stereocenters. The molecule has 1 aromatic heterocycles. The lowest BCUT2D eigenvalue weighted by atomic mass is 10.1. The Morgan fingerprint density at radius 2 is 1.93 bits per heavy atom. The fourth-order valence-corrected chi connectivity index (χ4v) is 2.67. The molecule has 0 spiro atoms. The average Bonchev–Trinajstić information content (AvgIpc) is 3.19. The number of guanidine groups is 1. The summed E-state index contributed by atoms with van der Waals surface area (Å²) in [6, 6.07) is 14.5. The predicted molar refractivity (Wildman–Crippen MR) is 121 cm³/mol. The molecule has 2 aromatic carbocycles. The van der Waals surface area contributed by atoms with Gasteiger partial charge in [0, 0.05) is 39.1 Å². The van der Waals surface area contributed by atoms with Gasteiger partial charge in [-0.1, -0.05) is 30.3 Å². The van der Waals surface area contributed by atoms with Crippen LogP contribution in [-0.4, -0.2) is 42.3 Å². The van der Waals surface area contributed by atoms with Gasteiger partial charge in [0.25, 0.3) is 0 Å². The third-order valence-electron chi connectivity index (χ3n) is 4.05. The van der Waals surface area contributed by atoms with Crippen LogP contribution in [0.3, 0.4) is 0 Å². The maximum absolute atomic E-state index is 5.85. The van der Waals surface area contributed by atoms with Crippen LogP contribution >= 0.6 is 24.0 Å². The van der Waals surface area contributed by atoms with E-state index >= 15 is 0 Å². The lowest BCUT2D eigenvalue weighted by Crippen LogP contribution is -2.39. The second-order valence-corrected chi connectivity index (χ2v) is 5.94. The van der Waals surface area contributed by atoms with Crippen molar-refractivity contribution in [2.75, 3.05) is 26.7 Å². The largest absolute Gasteiger partial charge is 0.494 e. The second-order valence-electron chi connectivity index (χ2n) is 5.94. The first-order valence-corrected chi connectivity index (χ1v) is 8.87. The Bertz CT molecular complexity index is 835. The maximum atomic E-state index is 5.85. The Kier molecular flexibility index (Phi) is 8.90. The zero-order valence-corrected chi connectivity index (χ0v) is 17.8. The van der Waals surface area contributed by atoms with Crippen molar-refractivity contribution in [2.45, 2.75) is 13.0 Å². The Labute approximate surface area is 177 Å². The van der Waals surface area contributed by atoms with E-state index in [0.29, 0.717) is 6.61 Å². The SMILES string of the molecule is CN=C(NCCCOc1ccc2ccccc2c1)NCCn1ccnc1.I. The monoisotopic (exact) mass is 479 g/mol. The number of nitrogens with zero attached hydrogens (tertiary/aromatic N) is 3. The Hall–Kier alpha value is -2.29. The number of nitrogens with one attached hydrogen (secondary N) is 2. The smallest absolute Gasteiger partial charge is 0.191 e. The number of aromatic nitrogens is 2. The van der Waals surface area contributed by atoms with E-state index < -0.39 is 0 Å². The van der Waals surface area contributed by atoms with E-state index in [1.807, 2.05) is 35.3 Å². The van der Waals surface area contributed by atoms with Crippen LogP contribution in [0.1, 0.15) is 6.42 Å². The summed E-state index contributed by atoms with van der Waals surface area (Å²) in [5, 5.41) is 9.01. The normalized spacial score (nSPS) is 11.1. The van der Waals surface area contributed by atoms with Crippen LogP contribution in [0.25, 0.3) is 10.8 Å². The van der Waals surface area contributed by atoms with E-state index in [2.05, 4.69) is 44.9 Å². The molecular weight excluding hydrogens is 453 g/mol. The lowest BCUT2D eigenvalue weighted by Gasteiger charge is -2.12. The third kappa shape index (κ3) is 6.74. The van der Waals surface area contributed by atoms with Gasteiger partial charge in [0.1, 0.15) is 5.75 Å². The molecule has 1 heterocycles. The summed E-state index contributed by atoms with van der Waals surface area (Å²) in [4.78, 5) is 8.25. The van der Waals surface area contributed by atoms with E-state index in [9.17, 15) is 0 Å². The number of fused-ring (bicyclic) bond motifs is 1. The topological polar surface area (TPSA) is 63.5 Å². The molecule has 0 bridgehead atoms. The van der Waals surface area contributed by atoms with Gasteiger partial charge in [-0.15, -0.1) is 24.0 Å². The fourth-order valence-electron chi connectivity index (χ4n) is 2.67. The van der Waals surface area contributed by atoms with Crippen molar-refractivity contribution in [1.29, 1.82) is 0 Å². The molecule has 144 valence electrons. The molecule has 7 heteroatoms. The fraction of sp³-hybridized carbons (Fsp3) is 0.300. The highest BCUT2D eigenvalue weighted by molar-refractivity contribution is 14.0. The van der Waals surface area contributed by atoms with Crippen molar-refractivity contribution < 1.29 is 4.74 Å². The van der Waals surface area contributed by atoms with Gasteiger partial charge in [0.05, 0.1) is 12.9 Å². The summed E-state index contributed by atoms with van der Waals surface area (Å²) in [7, 11) is 1.78. The Morgan fingerprint density at radius 3 is 2.70 bits per heavy atom. The van der Waals surface area contributed by atoms with Gasteiger partial charge in [-0.2, -0.15) is 0 Å². The number of benzene rings is 2. The molecule has 0 aliphatic rings. The van der Waals surface area contributed by atoms with Crippen LogP contribution in [0, 0.1) is 0 Å². The predicted octanol–water partition coefficient (Wildman–Crippen LogP) is 3.29. The first-order valence-electron chi connectivity index (χ1n) is 8.87. The Balaban J connectivity index is 0.00000261. The molecular formula is C20H26IN5O. The van der Waals surface area contributed by atoms with Gasteiger partial charge in [0.15, 0.2) is 5.96 Å². The van der Waals surface area contributed by atoms with Crippen molar-refractivity contribution in [3.05, 3.63) is 61.2 Å². The van der Waals surface area contributed by atoms with Gasteiger partial charge in [-0.25, -0.2) is 4.98 Å². The zero-order valence-electron chi connectivity index (χ0n) is 15.5. The van der Waals surface area contributed by atoms with Crippen LogP contribution in [0.4, 0.5) is 0 Å². The van der Waals surface area contributed by atoms with Gasteiger partial charge in [-0.05, 0) is 29.3 Å². The van der Waals surface area contributed by atoms with Gasteiger partial charge in [-0.3, -0.25) is 4.99 Å². The molecule has 0 radical (unpaired) electrons. The average molecular weight is 479 g/mol. The standard InChI is InChI=1S/C20H25N5O.HI/c1-21-20(24-11-13-25-12-10-22-16-25)23-9-4-14-26-19-8-7-17-5-2-3-6-18(17)15-19;/h2-3,5-8,10,12,15-16H,4,9,11,13-14H2,1H3,(H2,21,23,24);1H. The van der Waals surface area contributed by atoms with Crippen molar-refractivity contribution in [1.82, 2.24) is 20.2 Å². The molecule has 0 amide bonds. The molecule has 2 N–H and O–H groups in total. The van der Waals surface area contributed by atoms with E-state index in [1.165, 1.54) is 10.8 Å². The molecule has 3 aromatic rings. The van der Waals surface area contributed by atoms with Gasteiger partial charge >= 0.3 is 0 Å². The molecule has 6 nitrogen and oxygen atoms in total. The highest BCUT2D eigenvalue weighted by atomic mass is 127. The molecule has 27 heavy (non-hydrogen) atoms. The number of halogens is 1. The van der Waals surface area contributed by atoms with E-state index in [-0.39, 0.29) is 24.0 Å². The van der Waals surface area contributed by atoms with Crippen molar-refractivity contribution in [3.8, 4) is 5.75 Å². The molecule has 0 saturated heterocycles. The summed E-state index contributed by atoms with van der Waals surface area (Å²) in [5.41, 5.74) is 0. The van der Waals surface area contributed by atoms with E-state index in [4.69, 9.17) is 4.74 Å². The minimum absolute atomic E-state index is 0. The number of imidazole rings is 1. The number of aliphatic imine (C=N–C) groups is 1. The van der Waals surface area contributed by atoms with Crippen LogP contribution < -0.4 is 15.4 Å². The quantitative estimate of drug-likeness (QED) is 0.225. The third-order valence-corrected chi connectivity index (χ3v) is 4.05. The van der Waals surface area contributed by atoms with E-state index in [0.717, 1.165) is 37.8 Å². The molecule has 0 aliphatic carbocycles. The summed E-state index contributed by atoms with van der Waals surface area (Å²) in [5.74, 6) is 1.71. The van der Waals surface area contributed by atoms with Crippen LogP contribution in [0.15, 0.2) is 66.2 Å². The van der Waals surface area contributed by atoms with Crippen molar-refractivity contribution in [3.63, 3.8) is 0 Å². The minimum atomic E-state index is 0. The highest BCUT2D eigenvalue weighted by Crippen LogP contribution is 2.20. The van der Waals surface area contributed by atoms with Gasteiger partial charge in [0.2, 0.25) is 0 Å². The first-order chi connectivity index (χ1) is 12.8. The lowest BCUT2D eigenvalue weighted by molar-refractivity contribution is 0.311. The maximum Gasteiger partial charge on any atom is 0.191 e. The van der Waals surface area contributed by atoms with Crippen LogP contribution in [-0.2, 0) is 6.54 Å². The van der Waals surface area contributed by atoms with E-state index in [1.54, 1.807) is 13.2 Å². The number of hydrogen-bond donors (Lipinski definition) is 2. The summed E-state index contributed by atoms with van der Waals surface area (Å²) in [6.07, 6.45) is 6.43. The summed E-state index contributed by atoms with van der Waals surface area (Å²) >= 11 is 0. The number of hydrogen-bond acceptors (Lipinski definition) is 3. The van der Waals surface area contributed by atoms with Crippen molar-refractivity contribution in [2.24, 2.45) is 4.99 Å². The van der Waals surface area contributed by atoms with Crippen LogP contribution in [0.5, 0.6) is 5.75 Å². The second kappa shape index (κ2) is 11.4. The molecule has 0 saturated carbocycles. The summed E-state index contributed by atoms with van der Waals surface area (Å²) < 4.78 is 7.87. The first kappa shape index (κ1) is 21.0. The number of ether oxygens (including phenoxy) is 1. The minimum Gasteiger partial charge on any atom is -0.494 e.